The average molecular weight is 759 g/mol. The van der Waals surface area contributed by atoms with Gasteiger partial charge >= 0.3 is 0 Å². The van der Waals surface area contributed by atoms with Crippen LogP contribution in [0.25, 0.3) is 93.0 Å². The standard InChI is InChI=1S/C53H34N4S/c1-3-13-34(14-4-1)51-54-52(35-15-5-2-6-16-35)56-53(55-51)36-24-26-37(27-25-36)57-47-30-33(29-44-40-19-9-7-17-38(40)39-18-8-10-20-41(39)44)23-28-42(47)45-32-50-46(31-48(45)57)43-21-11-12-22-49(43)58-50/h1-28,30-32,44H,29H2. The Morgan fingerprint density at radius 3 is 1.62 bits per heavy atom. The van der Waals surface area contributed by atoms with Gasteiger partial charge in [0.2, 0.25) is 0 Å². The van der Waals surface area contributed by atoms with Crippen molar-refractivity contribution in [2.24, 2.45) is 0 Å². The van der Waals surface area contributed by atoms with Gasteiger partial charge in [0.1, 0.15) is 0 Å². The van der Waals surface area contributed by atoms with Crippen LogP contribution in [0.3, 0.4) is 0 Å². The molecule has 0 bridgehead atoms. The van der Waals surface area contributed by atoms with Gasteiger partial charge in [-0.25, -0.2) is 15.0 Å². The number of rotatable bonds is 6. The first-order valence-electron chi connectivity index (χ1n) is 19.8. The molecule has 1 aliphatic rings. The van der Waals surface area contributed by atoms with Crippen molar-refractivity contribution in [3.8, 4) is 51.0 Å². The van der Waals surface area contributed by atoms with E-state index in [0.29, 0.717) is 23.4 Å². The molecule has 5 heteroatoms. The van der Waals surface area contributed by atoms with E-state index in [1.807, 2.05) is 72.0 Å². The van der Waals surface area contributed by atoms with Gasteiger partial charge in [-0.05, 0) is 82.8 Å². The molecular weight excluding hydrogens is 725 g/mol. The van der Waals surface area contributed by atoms with Crippen LogP contribution in [0.2, 0.25) is 0 Å². The summed E-state index contributed by atoms with van der Waals surface area (Å²) in [6.07, 6.45) is 0.928. The van der Waals surface area contributed by atoms with Crippen molar-refractivity contribution in [1.29, 1.82) is 0 Å². The van der Waals surface area contributed by atoms with E-state index in [2.05, 4.69) is 132 Å². The highest BCUT2D eigenvalue weighted by Gasteiger charge is 2.28. The number of fused-ring (bicyclic) bond motifs is 9. The number of hydrogen-bond donors (Lipinski definition) is 0. The lowest BCUT2D eigenvalue weighted by molar-refractivity contribution is 0.828. The van der Waals surface area contributed by atoms with Crippen LogP contribution in [0, 0.1) is 0 Å². The molecule has 1 aliphatic carbocycles. The second-order valence-electron chi connectivity index (χ2n) is 15.2. The zero-order valence-corrected chi connectivity index (χ0v) is 32.2. The summed E-state index contributed by atoms with van der Waals surface area (Å²) >= 11 is 1.87. The Morgan fingerprint density at radius 2 is 0.966 bits per heavy atom. The summed E-state index contributed by atoms with van der Waals surface area (Å²) in [5, 5.41) is 5.11. The molecule has 3 heterocycles. The number of thiophene rings is 1. The van der Waals surface area contributed by atoms with E-state index < -0.39 is 0 Å². The first-order chi connectivity index (χ1) is 28.7. The highest BCUT2D eigenvalue weighted by Crippen LogP contribution is 2.47. The minimum Gasteiger partial charge on any atom is -0.309 e. The van der Waals surface area contributed by atoms with Crippen LogP contribution in [0.4, 0.5) is 0 Å². The van der Waals surface area contributed by atoms with Gasteiger partial charge in [-0.1, -0.05) is 140 Å². The highest BCUT2D eigenvalue weighted by molar-refractivity contribution is 7.25. The molecule has 8 aromatic carbocycles. The van der Waals surface area contributed by atoms with Crippen molar-refractivity contribution in [1.82, 2.24) is 19.5 Å². The number of benzene rings is 8. The fourth-order valence-corrected chi connectivity index (χ4v) is 10.2. The summed E-state index contributed by atoms with van der Waals surface area (Å²) in [4.78, 5) is 14.9. The molecular formula is C53H34N4S. The molecule has 0 spiro atoms. The summed E-state index contributed by atoms with van der Waals surface area (Å²) in [5.41, 5.74) is 13.2. The van der Waals surface area contributed by atoms with Crippen LogP contribution in [0.1, 0.15) is 22.6 Å². The fourth-order valence-electron chi connectivity index (χ4n) is 9.10. The van der Waals surface area contributed by atoms with Gasteiger partial charge in [-0.2, -0.15) is 0 Å². The Morgan fingerprint density at radius 1 is 0.414 bits per heavy atom. The third-order valence-corrected chi connectivity index (χ3v) is 12.9. The molecule has 11 aromatic rings. The second kappa shape index (κ2) is 13.2. The molecule has 0 N–H and O–H groups in total. The van der Waals surface area contributed by atoms with Crippen LogP contribution in [-0.4, -0.2) is 19.5 Å². The predicted molar refractivity (Wildman–Crippen MR) is 241 cm³/mol. The quantitative estimate of drug-likeness (QED) is 0.170. The molecule has 272 valence electrons. The monoisotopic (exact) mass is 758 g/mol. The van der Waals surface area contributed by atoms with Crippen molar-refractivity contribution in [2.45, 2.75) is 12.3 Å². The molecule has 0 saturated heterocycles. The smallest absolute Gasteiger partial charge is 0.164 e. The Kier molecular flexibility index (Phi) is 7.50. The molecule has 0 saturated carbocycles. The maximum atomic E-state index is 5.01. The minimum atomic E-state index is 0.306. The molecule has 0 atom stereocenters. The number of hydrogen-bond acceptors (Lipinski definition) is 4. The van der Waals surface area contributed by atoms with Crippen molar-refractivity contribution < 1.29 is 0 Å². The average Bonchev–Trinajstić information content (AvgIpc) is 3.93. The van der Waals surface area contributed by atoms with E-state index in [1.54, 1.807) is 0 Å². The summed E-state index contributed by atoms with van der Waals surface area (Å²) in [6.45, 7) is 0. The third-order valence-electron chi connectivity index (χ3n) is 11.8. The molecule has 0 unspecified atom stereocenters. The maximum absolute atomic E-state index is 5.01. The molecule has 0 fully saturated rings. The molecule has 0 radical (unpaired) electrons. The third kappa shape index (κ3) is 5.32. The van der Waals surface area contributed by atoms with Gasteiger partial charge in [0.05, 0.1) is 11.0 Å². The van der Waals surface area contributed by atoms with Gasteiger partial charge in [0.25, 0.3) is 0 Å². The van der Waals surface area contributed by atoms with Crippen molar-refractivity contribution in [3.63, 3.8) is 0 Å². The van der Waals surface area contributed by atoms with E-state index in [4.69, 9.17) is 15.0 Å². The van der Waals surface area contributed by atoms with Gasteiger partial charge in [0, 0.05) is 59.2 Å². The number of aromatic nitrogens is 4. The van der Waals surface area contributed by atoms with Crippen LogP contribution in [0.5, 0.6) is 0 Å². The molecule has 3 aromatic heterocycles. The SMILES string of the molecule is c1ccc(-c2nc(-c3ccccc3)nc(-c3ccc(-n4c5cc(CC6c7ccccc7-c7ccccc76)ccc5c5cc6sc7ccccc7c6cc54)cc3)n2)cc1. The predicted octanol–water partition coefficient (Wildman–Crippen LogP) is 13.7. The second-order valence-corrected chi connectivity index (χ2v) is 16.3. The first kappa shape index (κ1) is 33.0. The molecule has 12 rings (SSSR count). The molecule has 4 nitrogen and oxygen atoms in total. The first-order valence-corrected chi connectivity index (χ1v) is 20.6. The van der Waals surface area contributed by atoms with Gasteiger partial charge < -0.3 is 4.57 Å². The molecule has 0 aliphatic heterocycles. The van der Waals surface area contributed by atoms with Gasteiger partial charge in [-0.15, -0.1) is 11.3 Å². The Balaban J connectivity index is 1.02. The van der Waals surface area contributed by atoms with E-state index in [0.717, 1.165) is 28.8 Å². The Labute approximate surface area is 339 Å². The van der Waals surface area contributed by atoms with E-state index >= 15 is 0 Å². The Hall–Kier alpha value is -7.21. The highest BCUT2D eigenvalue weighted by atomic mass is 32.1. The number of nitrogens with zero attached hydrogens (tertiary/aromatic N) is 4. The van der Waals surface area contributed by atoms with Crippen LogP contribution in [0.15, 0.2) is 188 Å². The van der Waals surface area contributed by atoms with Crippen molar-refractivity contribution in [3.05, 3.63) is 205 Å². The van der Waals surface area contributed by atoms with Crippen LogP contribution in [-0.2, 0) is 6.42 Å². The summed E-state index contributed by atoms with van der Waals surface area (Å²) in [6, 6.07) is 67.6. The van der Waals surface area contributed by atoms with E-state index in [-0.39, 0.29) is 0 Å². The van der Waals surface area contributed by atoms with Crippen LogP contribution >= 0.6 is 11.3 Å². The maximum Gasteiger partial charge on any atom is 0.164 e. The zero-order chi connectivity index (χ0) is 38.2. The largest absolute Gasteiger partial charge is 0.309 e. The molecule has 0 amide bonds. The topological polar surface area (TPSA) is 43.6 Å². The normalized spacial score (nSPS) is 12.5. The van der Waals surface area contributed by atoms with Crippen molar-refractivity contribution >= 4 is 53.3 Å². The summed E-state index contributed by atoms with van der Waals surface area (Å²) in [5.74, 6) is 2.26. The lowest BCUT2D eigenvalue weighted by atomic mass is 9.90. The lowest BCUT2D eigenvalue weighted by Gasteiger charge is -2.15. The van der Waals surface area contributed by atoms with E-state index in [9.17, 15) is 0 Å². The summed E-state index contributed by atoms with van der Waals surface area (Å²) < 4.78 is 5.08. The minimum absolute atomic E-state index is 0.306. The van der Waals surface area contributed by atoms with E-state index in [1.165, 1.54) is 69.8 Å². The fraction of sp³-hybridized carbons (Fsp3) is 0.0377. The lowest BCUT2D eigenvalue weighted by Crippen LogP contribution is -2.02. The van der Waals surface area contributed by atoms with Gasteiger partial charge in [-0.3, -0.25) is 0 Å². The van der Waals surface area contributed by atoms with Crippen LogP contribution < -0.4 is 0 Å². The zero-order valence-electron chi connectivity index (χ0n) is 31.4. The van der Waals surface area contributed by atoms with Crippen molar-refractivity contribution in [2.75, 3.05) is 0 Å². The summed E-state index contributed by atoms with van der Waals surface area (Å²) in [7, 11) is 0. The Bertz CT molecular complexity index is 3260. The molecule has 58 heavy (non-hydrogen) atoms. The van der Waals surface area contributed by atoms with Gasteiger partial charge in [0.15, 0.2) is 17.5 Å².